The highest BCUT2D eigenvalue weighted by atomic mass is 32.1. The predicted octanol–water partition coefficient (Wildman–Crippen LogP) is 2.75. The van der Waals surface area contributed by atoms with Gasteiger partial charge in [-0.15, -0.1) is 16.4 Å². The van der Waals surface area contributed by atoms with E-state index in [1.54, 1.807) is 13.8 Å². The molecule has 0 fully saturated rings. The van der Waals surface area contributed by atoms with Gasteiger partial charge in [-0.3, -0.25) is 4.79 Å². The summed E-state index contributed by atoms with van der Waals surface area (Å²) in [6, 6.07) is 0. The molecule has 0 saturated carbocycles. The van der Waals surface area contributed by atoms with Gasteiger partial charge in [-0.2, -0.15) is 0 Å². The number of anilines is 1. The number of amides is 1. The van der Waals surface area contributed by atoms with Gasteiger partial charge >= 0.3 is 11.9 Å². The standard InChI is InChI=1S/C16H19N3O5S2/c1-5-10-13(26-19-18-10)16(22)24-7-11(20)17-14-12(15(21)23-6-2)8(3)9(4)25-14/h5-7H2,1-4H3,(H,17,20). The first-order chi connectivity index (χ1) is 12.4. The van der Waals surface area contributed by atoms with Crippen molar-refractivity contribution in [1.29, 1.82) is 0 Å². The van der Waals surface area contributed by atoms with Gasteiger partial charge in [-0.25, -0.2) is 9.59 Å². The first kappa shape index (κ1) is 20.0. The molecule has 10 heteroatoms. The summed E-state index contributed by atoms with van der Waals surface area (Å²) in [7, 11) is 0. The fraction of sp³-hybridized carbons (Fsp3) is 0.438. The van der Waals surface area contributed by atoms with Crippen LogP contribution in [0.5, 0.6) is 0 Å². The van der Waals surface area contributed by atoms with E-state index in [0.29, 0.717) is 22.7 Å². The van der Waals surface area contributed by atoms with Gasteiger partial charge in [-0.1, -0.05) is 11.4 Å². The molecular formula is C16H19N3O5S2. The van der Waals surface area contributed by atoms with Crippen molar-refractivity contribution in [3.05, 3.63) is 26.6 Å². The second-order valence-electron chi connectivity index (χ2n) is 5.23. The average molecular weight is 397 g/mol. The number of esters is 2. The van der Waals surface area contributed by atoms with E-state index in [1.807, 2.05) is 13.8 Å². The van der Waals surface area contributed by atoms with Gasteiger partial charge in [0.15, 0.2) is 11.5 Å². The molecule has 140 valence electrons. The van der Waals surface area contributed by atoms with Gasteiger partial charge in [0.1, 0.15) is 5.00 Å². The maximum absolute atomic E-state index is 12.1. The van der Waals surface area contributed by atoms with Crippen molar-refractivity contribution in [2.24, 2.45) is 0 Å². The number of nitrogens with one attached hydrogen (secondary N) is 1. The van der Waals surface area contributed by atoms with Crippen molar-refractivity contribution in [2.75, 3.05) is 18.5 Å². The summed E-state index contributed by atoms with van der Waals surface area (Å²) in [6.45, 7) is 6.96. The molecule has 0 aliphatic heterocycles. The van der Waals surface area contributed by atoms with Gasteiger partial charge < -0.3 is 14.8 Å². The molecule has 2 aromatic heterocycles. The summed E-state index contributed by atoms with van der Waals surface area (Å²) >= 11 is 2.20. The molecule has 0 bridgehead atoms. The van der Waals surface area contributed by atoms with Crippen LogP contribution in [0.2, 0.25) is 0 Å². The number of carbonyl (C=O) groups excluding carboxylic acids is 3. The van der Waals surface area contributed by atoms with Crippen LogP contribution in [0, 0.1) is 13.8 Å². The molecule has 2 rings (SSSR count). The van der Waals surface area contributed by atoms with Crippen LogP contribution < -0.4 is 5.32 Å². The Morgan fingerprint density at radius 3 is 2.50 bits per heavy atom. The Morgan fingerprint density at radius 2 is 1.85 bits per heavy atom. The third-order valence-corrected chi connectivity index (χ3v) is 5.40. The van der Waals surface area contributed by atoms with Crippen LogP contribution in [-0.2, 0) is 20.7 Å². The highest BCUT2D eigenvalue weighted by Crippen LogP contribution is 2.33. The molecule has 26 heavy (non-hydrogen) atoms. The van der Waals surface area contributed by atoms with Crippen molar-refractivity contribution in [2.45, 2.75) is 34.1 Å². The number of carbonyl (C=O) groups is 3. The molecule has 2 heterocycles. The van der Waals surface area contributed by atoms with Crippen LogP contribution in [-0.4, -0.2) is 40.6 Å². The highest BCUT2D eigenvalue weighted by Gasteiger charge is 2.23. The summed E-state index contributed by atoms with van der Waals surface area (Å²) in [5, 5.41) is 6.83. The van der Waals surface area contributed by atoms with Gasteiger partial charge in [0.2, 0.25) is 0 Å². The maximum Gasteiger partial charge on any atom is 0.352 e. The summed E-state index contributed by atoms with van der Waals surface area (Å²) in [5.74, 6) is -1.68. The number of thiophene rings is 1. The van der Waals surface area contributed by atoms with Gasteiger partial charge in [-0.05, 0) is 44.3 Å². The Hall–Kier alpha value is -2.33. The molecule has 1 N–H and O–H groups in total. The van der Waals surface area contributed by atoms with Gasteiger partial charge in [0, 0.05) is 4.88 Å². The summed E-state index contributed by atoms with van der Waals surface area (Å²) in [4.78, 5) is 37.4. The second kappa shape index (κ2) is 8.86. The molecule has 0 aromatic carbocycles. The van der Waals surface area contributed by atoms with Crippen LogP contribution in [0.3, 0.4) is 0 Å². The molecule has 0 unspecified atom stereocenters. The van der Waals surface area contributed by atoms with E-state index in [0.717, 1.165) is 22.0 Å². The molecule has 0 spiro atoms. The normalized spacial score (nSPS) is 10.5. The molecule has 0 aliphatic carbocycles. The third kappa shape index (κ3) is 4.44. The lowest BCUT2D eigenvalue weighted by Gasteiger charge is -2.07. The van der Waals surface area contributed by atoms with E-state index in [1.165, 1.54) is 11.3 Å². The lowest BCUT2D eigenvalue weighted by Crippen LogP contribution is -2.21. The zero-order valence-corrected chi connectivity index (χ0v) is 16.5. The molecule has 0 radical (unpaired) electrons. The minimum Gasteiger partial charge on any atom is -0.462 e. The topological polar surface area (TPSA) is 107 Å². The number of ether oxygens (including phenoxy) is 2. The van der Waals surface area contributed by atoms with Crippen LogP contribution in [0.25, 0.3) is 0 Å². The molecule has 0 aliphatic rings. The van der Waals surface area contributed by atoms with Crippen molar-refractivity contribution in [3.63, 3.8) is 0 Å². The van der Waals surface area contributed by atoms with Crippen LogP contribution >= 0.6 is 22.9 Å². The van der Waals surface area contributed by atoms with E-state index in [9.17, 15) is 14.4 Å². The first-order valence-corrected chi connectivity index (χ1v) is 9.53. The van der Waals surface area contributed by atoms with Crippen LogP contribution in [0.4, 0.5) is 5.00 Å². The summed E-state index contributed by atoms with van der Waals surface area (Å²) in [6.07, 6.45) is 0.545. The number of hydrogen-bond donors (Lipinski definition) is 1. The lowest BCUT2D eigenvalue weighted by atomic mass is 10.1. The minimum atomic E-state index is -0.642. The molecule has 0 atom stereocenters. The van der Waals surface area contributed by atoms with Crippen LogP contribution in [0.15, 0.2) is 0 Å². The monoisotopic (exact) mass is 397 g/mol. The van der Waals surface area contributed by atoms with Crippen molar-refractivity contribution >= 4 is 45.7 Å². The summed E-state index contributed by atoms with van der Waals surface area (Å²) in [5.41, 5.74) is 1.62. The van der Waals surface area contributed by atoms with Crippen molar-refractivity contribution in [1.82, 2.24) is 9.59 Å². The quantitative estimate of drug-likeness (QED) is 0.716. The fourth-order valence-corrected chi connectivity index (χ4v) is 3.83. The van der Waals surface area contributed by atoms with Gasteiger partial charge in [0.05, 0.1) is 17.9 Å². The Bertz CT molecular complexity index is 828. The fourth-order valence-electron chi connectivity index (χ4n) is 2.12. The van der Waals surface area contributed by atoms with E-state index in [-0.39, 0.29) is 11.5 Å². The molecule has 8 nitrogen and oxygen atoms in total. The molecule has 1 amide bonds. The van der Waals surface area contributed by atoms with E-state index in [2.05, 4.69) is 14.9 Å². The average Bonchev–Trinajstić information content (AvgIpc) is 3.18. The van der Waals surface area contributed by atoms with E-state index >= 15 is 0 Å². The third-order valence-electron chi connectivity index (χ3n) is 3.53. The maximum atomic E-state index is 12.1. The van der Waals surface area contributed by atoms with E-state index < -0.39 is 24.5 Å². The Labute approximate surface area is 158 Å². The van der Waals surface area contributed by atoms with Crippen LogP contribution in [0.1, 0.15) is 50.0 Å². The zero-order valence-electron chi connectivity index (χ0n) is 14.9. The number of nitrogens with zero attached hydrogens (tertiary/aromatic N) is 2. The van der Waals surface area contributed by atoms with Crippen molar-refractivity contribution in [3.8, 4) is 0 Å². The molecule has 0 saturated heterocycles. The number of rotatable bonds is 7. The SMILES string of the molecule is CCOC(=O)c1c(NC(=O)COC(=O)c2snnc2CC)sc(C)c1C. The lowest BCUT2D eigenvalue weighted by molar-refractivity contribution is -0.119. The number of hydrogen-bond acceptors (Lipinski definition) is 9. The Kier molecular flexibility index (Phi) is 6.81. The number of aryl methyl sites for hydroxylation is 2. The highest BCUT2D eigenvalue weighted by molar-refractivity contribution is 7.16. The largest absolute Gasteiger partial charge is 0.462 e. The Balaban J connectivity index is 2.03. The number of aromatic nitrogens is 2. The van der Waals surface area contributed by atoms with E-state index in [4.69, 9.17) is 9.47 Å². The predicted molar refractivity (Wildman–Crippen MR) is 97.9 cm³/mol. The minimum absolute atomic E-state index is 0.237. The van der Waals surface area contributed by atoms with Gasteiger partial charge in [0.25, 0.3) is 5.91 Å². The smallest absolute Gasteiger partial charge is 0.352 e. The van der Waals surface area contributed by atoms with Crippen molar-refractivity contribution < 1.29 is 23.9 Å². The molecular weight excluding hydrogens is 378 g/mol. The Morgan fingerprint density at radius 1 is 1.12 bits per heavy atom. The second-order valence-corrected chi connectivity index (χ2v) is 7.21. The zero-order chi connectivity index (χ0) is 19.3. The summed E-state index contributed by atoms with van der Waals surface area (Å²) < 4.78 is 13.8. The molecule has 2 aromatic rings. The first-order valence-electron chi connectivity index (χ1n) is 7.94.